The van der Waals surface area contributed by atoms with Gasteiger partial charge >= 0.3 is 5.97 Å². The van der Waals surface area contributed by atoms with Crippen LogP contribution in [0.4, 0.5) is 0 Å². The molecule has 0 aliphatic heterocycles. The van der Waals surface area contributed by atoms with Crippen LogP contribution >= 0.6 is 0 Å². The van der Waals surface area contributed by atoms with Crippen molar-refractivity contribution < 1.29 is 9.90 Å². The monoisotopic (exact) mass is 214 g/mol. The minimum absolute atomic E-state index is 0.151. The van der Waals surface area contributed by atoms with Crippen LogP contribution in [-0.4, -0.2) is 48.2 Å². The third-order valence-corrected chi connectivity index (χ3v) is 3.32. The summed E-state index contributed by atoms with van der Waals surface area (Å²) in [6.45, 7) is 8.32. The minimum Gasteiger partial charge on any atom is -0.481 e. The Bertz CT molecular complexity index is 205. The quantitative estimate of drug-likeness (QED) is 0.657. The molecule has 1 saturated carbocycles. The third kappa shape index (κ3) is 3.47. The molecule has 2 unspecified atom stereocenters. The van der Waals surface area contributed by atoms with Crippen LogP contribution in [0.2, 0.25) is 0 Å². The number of rotatable bonds is 7. The summed E-state index contributed by atoms with van der Waals surface area (Å²) in [4.78, 5) is 13.1. The molecule has 88 valence electrons. The summed E-state index contributed by atoms with van der Waals surface area (Å²) in [5.41, 5.74) is 0. The van der Waals surface area contributed by atoms with Gasteiger partial charge in [-0.25, -0.2) is 0 Å². The van der Waals surface area contributed by atoms with E-state index in [4.69, 9.17) is 5.11 Å². The highest BCUT2D eigenvalue weighted by atomic mass is 16.4. The van der Waals surface area contributed by atoms with E-state index in [0.29, 0.717) is 0 Å². The van der Waals surface area contributed by atoms with Crippen molar-refractivity contribution in [2.45, 2.75) is 32.7 Å². The Kier molecular flexibility index (Phi) is 5.05. The fourth-order valence-electron chi connectivity index (χ4n) is 1.99. The molecule has 2 N–H and O–H groups in total. The fraction of sp³-hybridized carbons (Fsp3) is 0.909. The normalized spacial score (nSPS) is 25.3. The third-order valence-electron chi connectivity index (χ3n) is 3.32. The maximum absolute atomic E-state index is 10.8. The van der Waals surface area contributed by atoms with Gasteiger partial charge in [0.2, 0.25) is 0 Å². The standard InChI is InChI=1S/C11H22N2O2/c1-3-13(4-2)8-7-12-10-6-5-9(10)11(14)15/h9-10,12H,3-8H2,1-2H3,(H,14,15). The first kappa shape index (κ1) is 12.5. The molecule has 15 heavy (non-hydrogen) atoms. The molecule has 1 fully saturated rings. The second kappa shape index (κ2) is 6.08. The van der Waals surface area contributed by atoms with E-state index in [1.165, 1.54) is 0 Å². The molecule has 0 aromatic rings. The number of carbonyl (C=O) groups is 1. The summed E-state index contributed by atoms with van der Waals surface area (Å²) < 4.78 is 0. The lowest BCUT2D eigenvalue weighted by atomic mass is 9.79. The zero-order valence-corrected chi connectivity index (χ0v) is 9.70. The zero-order chi connectivity index (χ0) is 11.3. The van der Waals surface area contributed by atoms with Crippen LogP contribution in [0, 0.1) is 5.92 Å². The molecule has 0 radical (unpaired) electrons. The molecule has 0 bridgehead atoms. The highest BCUT2D eigenvalue weighted by Gasteiger charge is 2.35. The second-order valence-corrected chi connectivity index (χ2v) is 4.11. The lowest BCUT2D eigenvalue weighted by Gasteiger charge is -2.34. The molecule has 0 aromatic carbocycles. The summed E-state index contributed by atoms with van der Waals surface area (Å²) in [5.74, 6) is -0.803. The number of hydrogen-bond acceptors (Lipinski definition) is 3. The highest BCUT2D eigenvalue weighted by Crippen LogP contribution is 2.27. The van der Waals surface area contributed by atoms with Gasteiger partial charge in [0.25, 0.3) is 0 Å². The molecular weight excluding hydrogens is 192 g/mol. The predicted molar refractivity (Wildman–Crippen MR) is 59.9 cm³/mol. The molecule has 1 rings (SSSR count). The number of aliphatic carboxylic acids is 1. The van der Waals surface area contributed by atoms with Gasteiger partial charge in [-0.05, 0) is 25.9 Å². The molecule has 2 atom stereocenters. The first-order valence-electron chi connectivity index (χ1n) is 5.87. The Hall–Kier alpha value is -0.610. The summed E-state index contributed by atoms with van der Waals surface area (Å²) in [6, 6.07) is 0.207. The van der Waals surface area contributed by atoms with Gasteiger partial charge in [0.05, 0.1) is 5.92 Å². The van der Waals surface area contributed by atoms with Crippen molar-refractivity contribution in [1.29, 1.82) is 0 Å². The van der Waals surface area contributed by atoms with Crippen molar-refractivity contribution in [1.82, 2.24) is 10.2 Å². The van der Waals surface area contributed by atoms with Gasteiger partial charge in [-0.1, -0.05) is 13.8 Å². The number of carboxylic acid groups (broad SMARTS) is 1. The maximum atomic E-state index is 10.8. The summed E-state index contributed by atoms with van der Waals surface area (Å²) in [6.07, 6.45) is 1.84. The van der Waals surface area contributed by atoms with E-state index in [2.05, 4.69) is 24.1 Å². The first-order valence-corrected chi connectivity index (χ1v) is 5.87. The number of nitrogens with one attached hydrogen (secondary N) is 1. The average molecular weight is 214 g/mol. The van der Waals surface area contributed by atoms with E-state index in [0.717, 1.165) is 39.0 Å². The van der Waals surface area contributed by atoms with Crippen LogP contribution in [0.3, 0.4) is 0 Å². The largest absolute Gasteiger partial charge is 0.481 e. The van der Waals surface area contributed by atoms with Gasteiger partial charge < -0.3 is 15.3 Å². The summed E-state index contributed by atoms with van der Waals surface area (Å²) >= 11 is 0. The Balaban J connectivity index is 2.12. The van der Waals surface area contributed by atoms with E-state index >= 15 is 0 Å². The molecule has 0 spiro atoms. The van der Waals surface area contributed by atoms with E-state index in [-0.39, 0.29) is 12.0 Å². The zero-order valence-electron chi connectivity index (χ0n) is 9.70. The van der Waals surface area contributed by atoms with E-state index in [1.54, 1.807) is 0 Å². The molecule has 0 heterocycles. The van der Waals surface area contributed by atoms with Gasteiger partial charge in [-0.2, -0.15) is 0 Å². The number of nitrogens with zero attached hydrogens (tertiary/aromatic N) is 1. The van der Waals surface area contributed by atoms with Crippen molar-refractivity contribution in [2.24, 2.45) is 5.92 Å². The Morgan fingerprint density at radius 3 is 2.47 bits per heavy atom. The number of carboxylic acids is 1. The van der Waals surface area contributed by atoms with Crippen molar-refractivity contribution in [3.63, 3.8) is 0 Å². The first-order chi connectivity index (χ1) is 7.19. The lowest BCUT2D eigenvalue weighted by Crippen LogP contribution is -2.49. The minimum atomic E-state index is -0.651. The Morgan fingerprint density at radius 2 is 2.07 bits per heavy atom. The van der Waals surface area contributed by atoms with Crippen LogP contribution in [-0.2, 0) is 4.79 Å². The lowest BCUT2D eigenvalue weighted by molar-refractivity contribution is -0.146. The van der Waals surface area contributed by atoms with Crippen LogP contribution in [0.15, 0.2) is 0 Å². The molecular formula is C11H22N2O2. The van der Waals surface area contributed by atoms with Crippen molar-refractivity contribution >= 4 is 5.97 Å². The van der Waals surface area contributed by atoms with Crippen molar-refractivity contribution in [3.05, 3.63) is 0 Å². The smallest absolute Gasteiger partial charge is 0.308 e. The summed E-state index contributed by atoms with van der Waals surface area (Å²) in [7, 11) is 0. The van der Waals surface area contributed by atoms with E-state index in [9.17, 15) is 4.79 Å². The molecule has 1 aliphatic carbocycles. The van der Waals surface area contributed by atoms with Gasteiger partial charge in [-0.15, -0.1) is 0 Å². The molecule has 4 nitrogen and oxygen atoms in total. The molecule has 4 heteroatoms. The van der Waals surface area contributed by atoms with Crippen LogP contribution in [0.25, 0.3) is 0 Å². The molecule has 0 saturated heterocycles. The topological polar surface area (TPSA) is 52.6 Å². The highest BCUT2D eigenvalue weighted by molar-refractivity contribution is 5.72. The Morgan fingerprint density at radius 1 is 1.40 bits per heavy atom. The fourth-order valence-corrected chi connectivity index (χ4v) is 1.99. The van der Waals surface area contributed by atoms with Gasteiger partial charge in [0.1, 0.15) is 0 Å². The number of likely N-dealkylation sites (N-methyl/N-ethyl adjacent to an activating group) is 1. The molecule has 0 amide bonds. The van der Waals surface area contributed by atoms with Gasteiger partial charge in [0.15, 0.2) is 0 Å². The maximum Gasteiger partial charge on any atom is 0.308 e. The van der Waals surface area contributed by atoms with E-state index < -0.39 is 5.97 Å². The van der Waals surface area contributed by atoms with Gasteiger partial charge in [0, 0.05) is 19.1 Å². The van der Waals surface area contributed by atoms with Crippen LogP contribution in [0.5, 0.6) is 0 Å². The SMILES string of the molecule is CCN(CC)CCNC1CCC1C(=O)O. The van der Waals surface area contributed by atoms with Gasteiger partial charge in [-0.3, -0.25) is 4.79 Å². The van der Waals surface area contributed by atoms with Crippen LogP contribution < -0.4 is 5.32 Å². The average Bonchev–Trinajstić information content (AvgIpc) is 2.15. The molecule has 0 aromatic heterocycles. The predicted octanol–water partition coefficient (Wildman–Crippen LogP) is 0.781. The van der Waals surface area contributed by atoms with Crippen molar-refractivity contribution in [2.75, 3.05) is 26.2 Å². The summed E-state index contributed by atoms with van der Waals surface area (Å²) in [5, 5.41) is 12.2. The van der Waals surface area contributed by atoms with E-state index in [1.807, 2.05) is 0 Å². The van der Waals surface area contributed by atoms with Crippen molar-refractivity contribution in [3.8, 4) is 0 Å². The van der Waals surface area contributed by atoms with Crippen LogP contribution in [0.1, 0.15) is 26.7 Å². The molecule has 1 aliphatic rings. The second-order valence-electron chi connectivity index (χ2n) is 4.11. The Labute approximate surface area is 91.6 Å². The number of hydrogen-bond donors (Lipinski definition) is 2.